The lowest BCUT2D eigenvalue weighted by atomic mass is 10.1. The first kappa shape index (κ1) is 15.5. The van der Waals surface area contributed by atoms with Gasteiger partial charge in [0.05, 0.1) is 23.4 Å². The Morgan fingerprint density at radius 3 is 2.52 bits per heavy atom. The van der Waals surface area contributed by atoms with E-state index in [-0.39, 0.29) is 22.2 Å². The average Bonchev–Trinajstić information content (AvgIpc) is 2.49. The highest BCUT2D eigenvalue weighted by Gasteiger charge is 2.13. The summed E-state index contributed by atoms with van der Waals surface area (Å²) in [6.45, 7) is 0.367. The fraction of sp³-hybridized carbons (Fsp3) is 0.133. The van der Waals surface area contributed by atoms with Crippen molar-refractivity contribution in [2.45, 2.75) is 6.54 Å². The van der Waals surface area contributed by atoms with Gasteiger partial charge in [-0.1, -0.05) is 35.3 Å². The molecule has 6 heteroatoms. The van der Waals surface area contributed by atoms with Crippen LogP contribution >= 0.6 is 23.2 Å². The SMILES string of the molecule is COc1ccc(CNC(=O)c2cc(Cl)cc(Cl)c2N)cc1. The predicted octanol–water partition coefficient (Wildman–Crippen LogP) is 3.51. The van der Waals surface area contributed by atoms with Gasteiger partial charge < -0.3 is 15.8 Å². The quantitative estimate of drug-likeness (QED) is 0.846. The molecule has 0 aliphatic heterocycles. The van der Waals surface area contributed by atoms with E-state index < -0.39 is 0 Å². The Morgan fingerprint density at radius 2 is 1.90 bits per heavy atom. The number of benzene rings is 2. The highest BCUT2D eigenvalue weighted by molar-refractivity contribution is 6.37. The number of halogens is 2. The van der Waals surface area contributed by atoms with Crippen LogP contribution in [-0.4, -0.2) is 13.0 Å². The average molecular weight is 325 g/mol. The minimum Gasteiger partial charge on any atom is -0.497 e. The molecule has 2 aromatic rings. The third kappa shape index (κ3) is 3.80. The summed E-state index contributed by atoms with van der Waals surface area (Å²) in [6.07, 6.45) is 0. The monoisotopic (exact) mass is 324 g/mol. The van der Waals surface area contributed by atoms with Crippen LogP contribution in [0.2, 0.25) is 10.0 Å². The van der Waals surface area contributed by atoms with E-state index in [1.165, 1.54) is 12.1 Å². The number of nitrogens with two attached hydrogens (primary N) is 1. The zero-order valence-electron chi connectivity index (χ0n) is 11.3. The molecule has 0 saturated heterocycles. The van der Waals surface area contributed by atoms with E-state index in [0.717, 1.165) is 11.3 Å². The van der Waals surface area contributed by atoms with Crippen LogP contribution in [0, 0.1) is 0 Å². The molecule has 0 spiro atoms. The maximum atomic E-state index is 12.1. The smallest absolute Gasteiger partial charge is 0.253 e. The van der Waals surface area contributed by atoms with E-state index in [1.807, 2.05) is 24.3 Å². The molecular formula is C15H14Cl2N2O2. The Balaban J connectivity index is 2.08. The molecule has 3 N–H and O–H groups in total. The molecule has 0 aliphatic rings. The summed E-state index contributed by atoms with van der Waals surface area (Å²) >= 11 is 11.8. The van der Waals surface area contributed by atoms with E-state index in [9.17, 15) is 4.79 Å². The third-order valence-electron chi connectivity index (χ3n) is 2.95. The summed E-state index contributed by atoms with van der Waals surface area (Å²) < 4.78 is 5.07. The number of nitrogen functional groups attached to an aromatic ring is 1. The second-order valence-electron chi connectivity index (χ2n) is 4.38. The molecule has 0 unspecified atom stereocenters. The molecular weight excluding hydrogens is 311 g/mol. The highest BCUT2D eigenvalue weighted by Crippen LogP contribution is 2.27. The van der Waals surface area contributed by atoms with Crippen molar-refractivity contribution in [3.8, 4) is 5.75 Å². The molecule has 2 rings (SSSR count). The molecule has 0 bridgehead atoms. The molecule has 2 aromatic carbocycles. The fourth-order valence-electron chi connectivity index (χ4n) is 1.79. The molecule has 0 atom stereocenters. The number of anilines is 1. The lowest BCUT2D eigenvalue weighted by Gasteiger charge is -2.10. The largest absolute Gasteiger partial charge is 0.497 e. The van der Waals surface area contributed by atoms with Gasteiger partial charge in [-0.15, -0.1) is 0 Å². The minimum absolute atomic E-state index is 0.216. The number of hydrogen-bond donors (Lipinski definition) is 2. The summed E-state index contributed by atoms with van der Waals surface area (Å²) in [4.78, 5) is 12.1. The summed E-state index contributed by atoms with van der Waals surface area (Å²) in [7, 11) is 1.60. The number of hydrogen-bond acceptors (Lipinski definition) is 3. The lowest BCUT2D eigenvalue weighted by Crippen LogP contribution is -2.23. The number of nitrogens with one attached hydrogen (secondary N) is 1. The second kappa shape index (κ2) is 6.70. The molecule has 1 amide bonds. The van der Waals surface area contributed by atoms with E-state index in [4.69, 9.17) is 33.7 Å². The first-order valence-electron chi connectivity index (χ1n) is 6.17. The van der Waals surface area contributed by atoms with Gasteiger partial charge in [-0.05, 0) is 29.8 Å². The van der Waals surface area contributed by atoms with Crippen molar-refractivity contribution in [1.29, 1.82) is 0 Å². The van der Waals surface area contributed by atoms with E-state index in [0.29, 0.717) is 11.6 Å². The van der Waals surface area contributed by atoms with Gasteiger partial charge in [0, 0.05) is 11.6 Å². The summed E-state index contributed by atoms with van der Waals surface area (Å²) in [6, 6.07) is 10.4. The van der Waals surface area contributed by atoms with Crippen LogP contribution < -0.4 is 15.8 Å². The van der Waals surface area contributed by atoms with Crippen LogP contribution in [0.15, 0.2) is 36.4 Å². The molecule has 0 aliphatic carbocycles. The molecule has 21 heavy (non-hydrogen) atoms. The minimum atomic E-state index is -0.326. The van der Waals surface area contributed by atoms with Gasteiger partial charge in [0.15, 0.2) is 0 Å². The van der Waals surface area contributed by atoms with Crippen LogP contribution in [0.4, 0.5) is 5.69 Å². The maximum absolute atomic E-state index is 12.1. The van der Waals surface area contributed by atoms with Crippen LogP contribution in [0.3, 0.4) is 0 Å². The lowest BCUT2D eigenvalue weighted by molar-refractivity contribution is 0.0952. The van der Waals surface area contributed by atoms with Crippen LogP contribution in [0.1, 0.15) is 15.9 Å². The van der Waals surface area contributed by atoms with Gasteiger partial charge in [-0.3, -0.25) is 4.79 Å². The second-order valence-corrected chi connectivity index (χ2v) is 5.22. The molecule has 0 aromatic heterocycles. The van der Waals surface area contributed by atoms with Gasteiger partial charge in [-0.25, -0.2) is 0 Å². The van der Waals surface area contributed by atoms with Crippen molar-refractivity contribution in [2.24, 2.45) is 0 Å². The van der Waals surface area contributed by atoms with Crippen LogP contribution in [-0.2, 0) is 6.54 Å². The van der Waals surface area contributed by atoms with Crippen molar-refractivity contribution in [3.05, 3.63) is 57.6 Å². The van der Waals surface area contributed by atoms with Gasteiger partial charge in [0.1, 0.15) is 5.75 Å². The Bertz CT molecular complexity index is 657. The number of rotatable bonds is 4. The van der Waals surface area contributed by atoms with Crippen molar-refractivity contribution >= 4 is 34.8 Å². The van der Waals surface area contributed by atoms with Crippen LogP contribution in [0.25, 0.3) is 0 Å². The predicted molar refractivity (Wildman–Crippen MR) is 85.0 cm³/mol. The fourth-order valence-corrected chi connectivity index (χ4v) is 2.29. The van der Waals surface area contributed by atoms with Crippen LogP contribution in [0.5, 0.6) is 5.75 Å². The molecule has 0 fully saturated rings. The van der Waals surface area contributed by atoms with Gasteiger partial charge in [0.25, 0.3) is 5.91 Å². The molecule has 0 heterocycles. The Labute approximate surface area is 132 Å². The molecule has 0 saturated carbocycles. The number of methoxy groups -OCH3 is 1. The highest BCUT2D eigenvalue weighted by atomic mass is 35.5. The Hall–Kier alpha value is -1.91. The number of amides is 1. The van der Waals surface area contributed by atoms with Crippen molar-refractivity contribution in [3.63, 3.8) is 0 Å². The van der Waals surface area contributed by atoms with E-state index in [1.54, 1.807) is 7.11 Å². The first-order chi connectivity index (χ1) is 10.0. The molecule has 4 nitrogen and oxygen atoms in total. The van der Waals surface area contributed by atoms with Gasteiger partial charge >= 0.3 is 0 Å². The number of carbonyl (C=O) groups is 1. The molecule has 0 radical (unpaired) electrons. The Morgan fingerprint density at radius 1 is 1.24 bits per heavy atom. The molecule has 110 valence electrons. The normalized spacial score (nSPS) is 10.2. The summed E-state index contributed by atoms with van der Waals surface area (Å²) in [5, 5.41) is 3.40. The van der Waals surface area contributed by atoms with E-state index in [2.05, 4.69) is 5.32 Å². The van der Waals surface area contributed by atoms with Crippen molar-refractivity contribution in [2.75, 3.05) is 12.8 Å². The third-order valence-corrected chi connectivity index (χ3v) is 3.48. The zero-order valence-corrected chi connectivity index (χ0v) is 12.8. The summed E-state index contributed by atoms with van der Waals surface area (Å²) in [5.41, 5.74) is 7.21. The zero-order chi connectivity index (χ0) is 15.4. The summed E-state index contributed by atoms with van der Waals surface area (Å²) in [5.74, 6) is 0.434. The van der Waals surface area contributed by atoms with Gasteiger partial charge in [0.2, 0.25) is 0 Å². The number of carbonyl (C=O) groups excluding carboxylic acids is 1. The maximum Gasteiger partial charge on any atom is 0.253 e. The number of ether oxygens (including phenoxy) is 1. The van der Waals surface area contributed by atoms with Crippen molar-refractivity contribution in [1.82, 2.24) is 5.32 Å². The van der Waals surface area contributed by atoms with Crippen molar-refractivity contribution < 1.29 is 9.53 Å². The first-order valence-corrected chi connectivity index (χ1v) is 6.92. The Kier molecular flexibility index (Phi) is 4.94. The topological polar surface area (TPSA) is 64.3 Å². The van der Waals surface area contributed by atoms with E-state index >= 15 is 0 Å². The standard InChI is InChI=1S/C15H14Cl2N2O2/c1-21-11-4-2-9(3-5-11)8-19-15(20)12-6-10(16)7-13(17)14(12)18/h2-7H,8,18H2,1H3,(H,19,20). The van der Waals surface area contributed by atoms with Gasteiger partial charge in [-0.2, -0.15) is 0 Å².